The van der Waals surface area contributed by atoms with Gasteiger partial charge in [0.15, 0.2) is 0 Å². The fourth-order valence-corrected chi connectivity index (χ4v) is 5.35. The minimum absolute atomic E-state index is 0.127. The van der Waals surface area contributed by atoms with Crippen molar-refractivity contribution >= 4 is 52.3 Å². The molecular weight excluding hydrogens is 418 g/mol. The van der Waals surface area contributed by atoms with Crippen LogP contribution < -0.4 is 0 Å². The van der Waals surface area contributed by atoms with Crippen LogP contribution in [0.15, 0.2) is 33.6 Å². The summed E-state index contributed by atoms with van der Waals surface area (Å²) in [5, 5.41) is 4.74. The summed E-state index contributed by atoms with van der Waals surface area (Å²) in [6.45, 7) is 4.20. The first kappa shape index (κ1) is 20.9. The summed E-state index contributed by atoms with van der Waals surface area (Å²) in [7, 11) is 1.38. The van der Waals surface area contributed by atoms with Gasteiger partial charge in [-0.2, -0.15) is 0 Å². The molecule has 1 aliphatic rings. The molecule has 0 N–H and O–H groups in total. The highest BCUT2D eigenvalue weighted by Crippen LogP contribution is 2.45. The summed E-state index contributed by atoms with van der Waals surface area (Å²) in [6.07, 6.45) is 3.32. The fraction of sp³-hybridized carbons (Fsp3) is 0.350. The normalized spacial score (nSPS) is 16.5. The smallest absolute Gasteiger partial charge is 0.365 e. The number of thioether (sulfide) groups is 1. The number of ether oxygens (including phenoxy) is 1. The van der Waals surface area contributed by atoms with Crippen LogP contribution in [0.5, 0.6) is 0 Å². The van der Waals surface area contributed by atoms with Crippen LogP contribution in [0.2, 0.25) is 5.02 Å². The van der Waals surface area contributed by atoms with Gasteiger partial charge in [0.2, 0.25) is 0 Å². The zero-order chi connectivity index (χ0) is 20.5. The van der Waals surface area contributed by atoms with E-state index >= 15 is 0 Å². The van der Waals surface area contributed by atoms with Crippen LogP contribution in [0.3, 0.4) is 0 Å². The SMILES string of the molecule is COC(=O)c1sc(SC)c2c1CC(C)(C)CC2=NOC(=O)c1ccc(Cl)cc1. The summed E-state index contributed by atoms with van der Waals surface area (Å²) in [6, 6.07) is 6.43. The average molecular weight is 438 g/mol. The standard InChI is InChI=1S/C20H20ClNO4S2/c1-20(2)9-13-15(19(27-4)28-16(13)18(24)25-3)14(10-20)22-26-17(23)11-5-7-12(21)8-6-11/h5-8H,9-10H2,1-4H3. The summed E-state index contributed by atoms with van der Waals surface area (Å²) < 4.78 is 5.92. The molecule has 8 heteroatoms. The highest BCUT2D eigenvalue weighted by Gasteiger charge is 2.37. The van der Waals surface area contributed by atoms with Gasteiger partial charge in [0.25, 0.3) is 0 Å². The third-order valence-corrected chi connectivity index (χ3v) is 7.02. The lowest BCUT2D eigenvalue weighted by atomic mass is 9.74. The van der Waals surface area contributed by atoms with Crippen molar-refractivity contribution in [3.63, 3.8) is 0 Å². The summed E-state index contributed by atoms with van der Waals surface area (Å²) >= 11 is 8.80. The number of rotatable bonds is 4. The minimum Gasteiger partial charge on any atom is -0.465 e. The van der Waals surface area contributed by atoms with Crippen LogP contribution >= 0.6 is 34.7 Å². The van der Waals surface area contributed by atoms with Crippen molar-refractivity contribution in [3.05, 3.63) is 50.9 Å². The van der Waals surface area contributed by atoms with Gasteiger partial charge in [-0.15, -0.1) is 23.1 Å². The van der Waals surface area contributed by atoms with E-state index in [1.807, 2.05) is 6.26 Å². The van der Waals surface area contributed by atoms with Gasteiger partial charge in [-0.1, -0.05) is 30.6 Å². The molecule has 0 aliphatic heterocycles. The number of thiophene rings is 1. The van der Waals surface area contributed by atoms with E-state index in [2.05, 4.69) is 19.0 Å². The highest BCUT2D eigenvalue weighted by atomic mass is 35.5. The molecule has 3 rings (SSSR count). The maximum atomic E-state index is 12.3. The number of hydrogen-bond donors (Lipinski definition) is 0. The lowest BCUT2D eigenvalue weighted by Crippen LogP contribution is -2.28. The van der Waals surface area contributed by atoms with Crippen LogP contribution in [0.25, 0.3) is 0 Å². The van der Waals surface area contributed by atoms with Crippen molar-refractivity contribution < 1.29 is 19.2 Å². The van der Waals surface area contributed by atoms with Crippen LogP contribution in [0.1, 0.15) is 51.4 Å². The second-order valence-electron chi connectivity index (χ2n) is 7.21. The van der Waals surface area contributed by atoms with Crippen molar-refractivity contribution in [2.24, 2.45) is 10.6 Å². The number of benzene rings is 1. The predicted octanol–water partition coefficient (Wildman–Crippen LogP) is 5.44. The Balaban J connectivity index is 1.99. The Morgan fingerprint density at radius 3 is 2.46 bits per heavy atom. The van der Waals surface area contributed by atoms with Crippen molar-refractivity contribution in [1.82, 2.24) is 0 Å². The molecule has 2 aromatic rings. The van der Waals surface area contributed by atoms with Gasteiger partial charge in [0.05, 0.1) is 22.6 Å². The maximum Gasteiger partial charge on any atom is 0.365 e. The third-order valence-electron chi connectivity index (χ3n) is 4.44. The first-order chi connectivity index (χ1) is 13.3. The molecule has 0 spiro atoms. The number of methoxy groups -OCH3 is 1. The van der Waals surface area contributed by atoms with Crippen molar-refractivity contribution in [3.8, 4) is 0 Å². The Morgan fingerprint density at radius 2 is 1.86 bits per heavy atom. The van der Waals surface area contributed by atoms with E-state index < -0.39 is 5.97 Å². The first-order valence-electron chi connectivity index (χ1n) is 8.58. The number of carbonyl (C=O) groups is 2. The number of esters is 1. The Morgan fingerprint density at radius 1 is 1.18 bits per heavy atom. The van der Waals surface area contributed by atoms with Crippen molar-refractivity contribution in [2.75, 3.05) is 13.4 Å². The molecule has 0 atom stereocenters. The molecule has 0 unspecified atom stereocenters. The molecule has 148 valence electrons. The second-order valence-corrected chi connectivity index (χ2v) is 9.74. The summed E-state index contributed by atoms with van der Waals surface area (Å²) in [5.41, 5.74) is 2.72. The third kappa shape index (κ3) is 4.26. The highest BCUT2D eigenvalue weighted by molar-refractivity contribution is 8.00. The van der Waals surface area contributed by atoms with Gasteiger partial charge in [0, 0.05) is 10.6 Å². The molecule has 0 radical (unpaired) electrons. The van der Waals surface area contributed by atoms with Crippen LogP contribution in [-0.4, -0.2) is 31.0 Å². The quantitative estimate of drug-likeness (QED) is 0.275. The lowest BCUT2D eigenvalue weighted by molar-refractivity contribution is 0.0512. The van der Waals surface area contributed by atoms with Gasteiger partial charge in [-0.05, 0) is 54.3 Å². The lowest BCUT2D eigenvalue weighted by Gasteiger charge is -2.31. The van der Waals surface area contributed by atoms with Crippen LogP contribution in [0.4, 0.5) is 0 Å². The van der Waals surface area contributed by atoms with E-state index in [1.165, 1.54) is 18.4 Å². The number of carbonyl (C=O) groups excluding carboxylic acids is 2. The van der Waals surface area contributed by atoms with Gasteiger partial charge in [-0.3, -0.25) is 0 Å². The van der Waals surface area contributed by atoms with Crippen LogP contribution in [0, 0.1) is 5.41 Å². The Hall–Kier alpha value is -1.83. The first-order valence-corrected chi connectivity index (χ1v) is 11.0. The Kier molecular flexibility index (Phi) is 6.17. The molecule has 0 bridgehead atoms. The molecule has 0 saturated carbocycles. The number of halogens is 1. The van der Waals surface area contributed by atoms with E-state index in [0.717, 1.165) is 21.8 Å². The number of oxime groups is 1. The zero-order valence-electron chi connectivity index (χ0n) is 16.0. The van der Waals surface area contributed by atoms with Crippen molar-refractivity contribution in [2.45, 2.75) is 30.9 Å². The molecule has 5 nitrogen and oxygen atoms in total. The minimum atomic E-state index is -0.553. The number of hydrogen-bond acceptors (Lipinski definition) is 7. The van der Waals surface area contributed by atoms with Gasteiger partial charge >= 0.3 is 11.9 Å². The van der Waals surface area contributed by atoms with Gasteiger partial charge < -0.3 is 9.57 Å². The zero-order valence-corrected chi connectivity index (χ0v) is 18.4. The summed E-state index contributed by atoms with van der Waals surface area (Å²) in [4.78, 5) is 30.4. The van der Waals surface area contributed by atoms with Crippen molar-refractivity contribution in [1.29, 1.82) is 0 Å². The molecule has 0 saturated heterocycles. The predicted molar refractivity (Wildman–Crippen MR) is 113 cm³/mol. The molecular formula is C20H20ClNO4S2. The number of nitrogens with zero attached hydrogens (tertiary/aromatic N) is 1. The molecule has 1 heterocycles. The van der Waals surface area contributed by atoms with Gasteiger partial charge in [-0.25, -0.2) is 9.59 Å². The fourth-order valence-electron chi connectivity index (χ4n) is 3.20. The second kappa shape index (κ2) is 8.27. The van der Waals surface area contributed by atoms with Crippen LogP contribution in [-0.2, 0) is 16.0 Å². The molecule has 0 amide bonds. The summed E-state index contributed by atoms with van der Waals surface area (Å²) in [5.74, 6) is -0.903. The van der Waals surface area contributed by atoms with E-state index in [-0.39, 0.29) is 11.4 Å². The molecule has 0 fully saturated rings. The molecule has 1 aromatic carbocycles. The van der Waals surface area contributed by atoms with E-state index in [0.29, 0.717) is 27.6 Å². The molecule has 1 aliphatic carbocycles. The largest absolute Gasteiger partial charge is 0.465 e. The molecule has 1 aromatic heterocycles. The molecule has 28 heavy (non-hydrogen) atoms. The number of fused-ring (bicyclic) bond motifs is 1. The average Bonchev–Trinajstić information content (AvgIpc) is 3.03. The maximum absolute atomic E-state index is 12.3. The topological polar surface area (TPSA) is 65.0 Å². The van der Waals surface area contributed by atoms with E-state index in [4.69, 9.17) is 21.2 Å². The van der Waals surface area contributed by atoms with E-state index in [9.17, 15) is 9.59 Å². The Labute approximate surface area is 177 Å². The van der Waals surface area contributed by atoms with E-state index in [1.54, 1.807) is 36.0 Å². The van der Waals surface area contributed by atoms with Gasteiger partial charge in [0.1, 0.15) is 4.88 Å². The monoisotopic (exact) mass is 437 g/mol. The Bertz CT molecular complexity index is 948.